The summed E-state index contributed by atoms with van der Waals surface area (Å²) >= 11 is 7.55. The summed E-state index contributed by atoms with van der Waals surface area (Å²) in [6.45, 7) is 0. The molecule has 0 radical (unpaired) electrons. The Labute approximate surface area is 170 Å². The lowest BCUT2D eigenvalue weighted by atomic mass is 10.2. The molecule has 1 fully saturated rings. The number of aromatic nitrogens is 5. The van der Waals surface area contributed by atoms with Crippen molar-refractivity contribution in [1.29, 1.82) is 0 Å². The van der Waals surface area contributed by atoms with Crippen molar-refractivity contribution in [1.82, 2.24) is 24.7 Å². The van der Waals surface area contributed by atoms with Crippen LogP contribution in [0.2, 0.25) is 5.02 Å². The van der Waals surface area contributed by atoms with Crippen molar-refractivity contribution >= 4 is 34.3 Å². The van der Waals surface area contributed by atoms with E-state index in [-0.39, 0.29) is 5.56 Å². The van der Waals surface area contributed by atoms with E-state index < -0.39 is 0 Å². The molecular formula is C20H16ClN5OS. The standard InChI is InChI=1S/C20H16ClN5OS/c21-13-8-9-15-16(10-13)22-17(23-19(15)27)11-28-20-25-24-18(12-6-7-12)26(20)14-4-2-1-3-5-14/h1-5,8-10,12H,6-7,11H2,(H,22,23,27). The molecular weight excluding hydrogens is 394 g/mol. The minimum atomic E-state index is -0.166. The van der Waals surface area contributed by atoms with Crippen molar-refractivity contribution in [3.8, 4) is 5.69 Å². The molecule has 1 N–H and O–H groups in total. The van der Waals surface area contributed by atoms with E-state index >= 15 is 0 Å². The van der Waals surface area contributed by atoms with Gasteiger partial charge < -0.3 is 4.98 Å². The Hall–Kier alpha value is -2.64. The lowest BCUT2D eigenvalue weighted by Gasteiger charge is -2.09. The first kappa shape index (κ1) is 17.5. The summed E-state index contributed by atoms with van der Waals surface area (Å²) in [5, 5.41) is 10.7. The Bertz CT molecular complexity index is 1220. The summed E-state index contributed by atoms with van der Waals surface area (Å²) in [6, 6.07) is 15.2. The Morgan fingerprint density at radius 3 is 2.75 bits per heavy atom. The Kier molecular flexibility index (Phi) is 4.41. The third kappa shape index (κ3) is 3.31. The predicted octanol–water partition coefficient (Wildman–Crippen LogP) is 4.33. The molecule has 2 aromatic heterocycles. The molecule has 0 aliphatic heterocycles. The number of aromatic amines is 1. The summed E-state index contributed by atoms with van der Waals surface area (Å²) in [6.07, 6.45) is 2.30. The van der Waals surface area contributed by atoms with Crippen LogP contribution < -0.4 is 5.56 Å². The lowest BCUT2D eigenvalue weighted by Crippen LogP contribution is -2.11. The van der Waals surface area contributed by atoms with Gasteiger partial charge in [0.25, 0.3) is 5.56 Å². The van der Waals surface area contributed by atoms with Crippen LogP contribution in [0.15, 0.2) is 58.5 Å². The van der Waals surface area contributed by atoms with Crippen LogP contribution in [-0.4, -0.2) is 24.7 Å². The molecule has 0 spiro atoms. The largest absolute Gasteiger partial charge is 0.309 e. The molecule has 0 saturated heterocycles. The molecule has 0 atom stereocenters. The van der Waals surface area contributed by atoms with Gasteiger partial charge in [-0.25, -0.2) is 4.98 Å². The van der Waals surface area contributed by atoms with E-state index in [1.165, 1.54) is 11.8 Å². The van der Waals surface area contributed by atoms with Crippen LogP contribution in [0.4, 0.5) is 0 Å². The van der Waals surface area contributed by atoms with Gasteiger partial charge in [-0.05, 0) is 43.2 Å². The highest BCUT2D eigenvalue weighted by Gasteiger charge is 2.31. The minimum Gasteiger partial charge on any atom is -0.309 e. The van der Waals surface area contributed by atoms with Gasteiger partial charge in [0.1, 0.15) is 11.6 Å². The van der Waals surface area contributed by atoms with Crippen LogP contribution in [0.25, 0.3) is 16.6 Å². The number of nitrogens with one attached hydrogen (secondary N) is 1. The number of rotatable bonds is 5. The van der Waals surface area contributed by atoms with E-state index in [0.717, 1.165) is 29.5 Å². The smallest absolute Gasteiger partial charge is 0.258 e. The highest BCUT2D eigenvalue weighted by Crippen LogP contribution is 2.41. The van der Waals surface area contributed by atoms with Crippen molar-refractivity contribution in [2.24, 2.45) is 0 Å². The van der Waals surface area contributed by atoms with E-state index in [1.807, 2.05) is 18.2 Å². The van der Waals surface area contributed by atoms with Gasteiger partial charge in [0.05, 0.1) is 16.7 Å². The molecule has 0 amide bonds. The van der Waals surface area contributed by atoms with Gasteiger partial charge in [0.15, 0.2) is 5.16 Å². The summed E-state index contributed by atoms with van der Waals surface area (Å²) in [4.78, 5) is 19.7. The van der Waals surface area contributed by atoms with Crippen molar-refractivity contribution in [2.75, 3.05) is 0 Å². The van der Waals surface area contributed by atoms with E-state index in [2.05, 4.69) is 36.9 Å². The average molecular weight is 410 g/mol. The molecule has 5 rings (SSSR count). The third-order valence-corrected chi connectivity index (χ3v) is 5.85. The van der Waals surface area contributed by atoms with Gasteiger partial charge in [-0.15, -0.1) is 10.2 Å². The van der Waals surface area contributed by atoms with E-state index in [1.54, 1.807) is 18.2 Å². The van der Waals surface area contributed by atoms with Crippen LogP contribution in [0.3, 0.4) is 0 Å². The van der Waals surface area contributed by atoms with Crippen LogP contribution in [0.1, 0.15) is 30.4 Å². The molecule has 2 aromatic carbocycles. The maximum absolute atomic E-state index is 12.3. The molecule has 2 heterocycles. The molecule has 1 aliphatic carbocycles. The average Bonchev–Trinajstić information content (AvgIpc) is 3.46. The zero-order valence-electron chi connectivity index (χ0n) is 14.8. The number of nitrogens with zero attached hydrogens (tertiary/aromatic N) is 4. The number of halogens is 1. The van der Waals surface area contributed by atoms with Crippen LogP contribution in [-0.2, 0) is 5.75 Å². The first-order valence-corrected chi connectivity index (χ1v) is 10.4. The van der Waals surface area contributed by atoms with E-state index in [9.17, 15) is 4.79 Å². The quantitative estimate of drug-likeness (QED) is 0.496. The SMILES string of the molecule is O=c1[nH]c(CSc2nnc(C3CC3)n2-c2ccccc2)nc2cc(Cl)ccc12. The van der Waals surface area contributed by atoms with Crippen molar-refractivity contribution < 1.29 is 0 Å². The van der Waals surface area contributed by atoms with Crippen LogP contribution >= 0.6 is 23.4 Å². The van der Waals surface area contributed by atoms with Gasteiger partial charge in [-0.2, -0.15) is 0 Å². The molecule has 0 bridgehead atoms. The zero-order chi connectivity index (χ0) is 19.1. The summed E-state index contributed by atoms with van der Waals surface area (Å²) in [5.41, 5.74) is 1.47. The van der Waals surface area contributed by atoms with Gasteiger partial charge >= 0.3 is 0 Å². The monoisotopic (exact) mass is 409 g/mol. The molecule has 4 aromatic rings. The Morgan fingerprint density at radius 2 is 1.96 bits per heavy atom. The third-order valence-electron chi connectivity index (χ3n) is 4.67. The Morgan fingerprint density at radius 1 is 1.14 bits per heavy atom. The van der Waals surface area contributed by atoms with Gasteiger partial charge in [-0.3, -0.25) is 9.36 Å². The fourth-order valence-electron chi connectivity index (χ4n) is 3.16. The van der Waals surface area contributed by atoms with Gasteiger partial charge in [0, 0.05) is 16.6 Å². The number of para-hydroxylation sites is 1. The zero-order valence-corrected chi connectivity index (χ0v) is 16.4. The topological polar surface area (TPSA) is 76.5 Å². The summed E-state index contributed by atoms with van der Waals surface area (Å²) in [5.74, 6) is 2.54. The number of hydrogen-bond acceptors (Lipinski definition) is 5. The van der Waals surface area contributed by atoms with Crippen molar-refractivity contribution in [2.45, 2.75) is 29.7 Å². The maximum Gasteiger partial charge on any atom is 0.258 e. The number of fused-ring (bicyclic) bond motifs is 1. The molecule has 8 heteroatoms. The number of hydrogen-bond donors (Lipinski definition) is 1. The molecule has 6 nitrogen and oxygen atoms in total. The van der Waals surface area contributed by atoms with Crippen molar-refractivity contribution in [3.05, 3.63) is 75.6 Å². The highest BCUT2D eigenvalue weighted by molar-refractivity contribution is 7.98. The molecule has 0 unspecified atom stereocenters. The van der Waals surface area contributed by atoms with Crippen LogP contribution in [0.5, 0.6) is 0 Å². The highest BCUT2D eigenvalue weighted by atomic mass is 35.5. The maximum atomic E-state index is 12.3. The van der Waals surface area contributed by atoms with E-state index in [0.29, 0.717) is 33.4 Å². The second-order valence-electron chi connectivity index (χ2n) is 6.75. The molecule has 140 valence electrons. The fourth-order valence-corrected chi connectivity index (χ4v) is 4.16. The van der Waals surface area contributed by atoms with Gasteiger partial charge in [0.2, 0.25) is 0 Å². The number of benzene rings is 2. The second kappa shape index (κ2) is 7.07. The van der Waals surface area contributed by atoms with Gasteiger partial charge in [-0.1, -0.05) is 41.6 Å². The van der Waals surface area contributed by atoms with Crippen molar-refractivity contribution in [3.63, 3.8) is 0 Å². The summed E-state index contributed by atoms with van der Waals surface area (Å²) in [7, 11) is 0. The summed E-state index contributed by atoms with van der Waals surface area (Å²) < 4.78 is 2.11. The Balaban J connectivity index is 1.48. The second-order valence-corrected chi connectivity index (χ2v) is 8.13. The molecule has 28 heavy (non-hydrogen) atoms. The minimum absolute atomic E-state index is 0.166. The molecule has 1 saturated carbocycles. The fraction of sp³-hybridized carbons (Fsp3) is 0.200. The van der Waals surface area contributed by atoms with Crippen LogP contribution in [0, 0.1) is 0 Å². The number of H-pyrrole nitrogens is 1. The normalized spacial score (nSPS) is 13.9. The predicted molar refractivity (Wildman–Crippen MR) is 110 cm³/mol. The first-order chi connectivity index (χ1) is 13.7. The number of thioether (sulfide) groups is 1. The lowest BCUT2D eigenvalue weighted by molar-refractivity contribution is 0.828. The molecule has 1 aliphatic rings. The van der Waals surface area contributed by atoms with E-state index in [4.69, 9.17) is 11.6 Å². The first-order valence-electron chi connectivity index (χ1n) is 9.01.